The van der Waals surface area contributed by atoms with Crippen molar-refractivity contribution in [2.45, 2.75) is 77.2 Å². The summed E-state index contributed by atoms with van der Waals surface area (Å²) in [6.45, 7) is 2.55. The second-order valence-corrected chi connectivity index (χ2v) is 10.00. The molecular weight excluding hydrogens is 296 g/mol. The van der Waals surface area contributed by atoms with Gasteiger partial charge in [-0.3, -0.25) is 4.79 Å². The molecule has 0 heterocycles. The van der Waals surface area contributed by atoms with E-state index in [4.69, 9.17) is 0 Å². The van der Waals surface area contributed by atoms with Crippen LogP contribution in [0.5, 0.6) is 0 Å². The topological polar surface area (TPSA) is 37.3 Å². The molecular formula is C22H32O2. The highest BCUT2D eigenvalue weighted by molar-refractivity contribution is 5.93. The van der Waals surface area contributed by atoms with E-state index >= 15 is 0 Å². The maximum absolute atomic E-state index is 12.5. The van der Waals surface area contributed by atoms with Crippen molar-refractivity contribution >= 4 is 5.78 Å². The van der Waals surface area contributed by atoms with Crippen LogP contribution in [0.25, 0.3) is 0 Å². The Morgan fingerprint density at radius 3 is 2.79 bits per heavy atom. The van der Waals surface area contributed by atoms with Gasteiger partial charge in [-0.2, -0.15) is 0 Å². The Labute approximate surface area is 146 Å². The van der Waals surface area contributed by atoms with Gasteiger partial charge >= 0.3 is 0 Å². The monoisotopic (exact) mass is 328 g/mol. The Morgan fingerprint density at radius 1 is 1.04 bits per heavy atom. The predicted molar refractivity (Wildman–Crippen MR) is 94.3 cm³/mol. The Morgan fingerprint density at radius 2 is 1.92 bits per heavy atom. The number of hydrogen-bond donors (Lipinski definition) is 1. The van der Waals surface area contributed by atoms with Gasteiger partial charge in [-0.1, -0.05) is 13.0 Å². The van der Waals surface area contributed by atoms with Crippen LogP contribution >= 0.6 is 0 Å². The minimum atomic E-state index is -0.0495. The molecule has 0 radical (unpaired) electrons. The molecule has 0 amide bonds. The zero-order valence-electron chi connectivity index (χ0n) is 15.0. The fourth-order valence-corrected chi connectivity index (χ4v) is 8.38. The first-order valence-electron chi connectivity index (χ1n) is 10.4. The second-order valence-electron chi connectivity index (χ2n) is 10.00. The summed E-state index contributed by atoms with van der Waals surface area (Å²) in [5.74, 6) is 4.00. The number of carbonyl (C=O) groups excluding carboxylic acids is 1. The van der Waals surface area contributed by atoms with Crippen molar-refractivity contribution in [2.24, 2.45) is 40.4 Å². The number of hydrogen-bond acceptors (Lipinski definition) is 2. The van der Waals surface area contributed by atoms with Crippen LogP contribution in [0.2, 0.25) is 0 Å². The highest BCUT2D eigenvalue weighted by atomic mass is 16.3. The van der Waals surface area contributed by atoms with E-state index in [1.54, 1.807) is 0 Å². The zero-order valence-corrected chi connectivity index (χ0v) is 15.0. The first kappa shape index (κ1) is 15.6. The molecule has 0 bridgehead atoms. The summed E-state index contributed by atoms with van der Waals surface area (Å²) >= 11 is 0. The van der Waals surface area contributed by atoms with Gasteiger partial charge in [0.2, 0.25) is 0 Å². The highest BCUT2D eigenvalue weighted by Gasteiger charge is 2.62. The predicted octanol–water partition coefficient (Wildman–Crippen LogP) is 4.52. The SMILES string of the molecule is C[C@]12CC[C@@H](O)C[C@@H]1CCC1C3CCC4C(=O)C=CCC43CCC12. The van der Waals surface area contributed by atoms with Gasteiger partial charge in [0.1, 0.15) is 0 Å². The molecule has 132 valence electrons. The Hall–Kier alpha value is -0.630. The summed E-state index contributed by atoms with van der Waals surface area (Å²) in [7, 11) is 0. The van der Waals surface area contributed by atoms with Crippen LogP contribution in [0.1, 0.15) is 71.1 Å². The van der Waals surface area contributed by atoms with Gasteiger partial charge in [0.25, 0.3) is 0 Å². The summed E-state index contributed by atoms with van der Waals surface area (Å²) in [5.41, 5.74) is 0.779. The number of aliphatic hydroxyl groups is 1. The summed E-state index contributed by atoms with van der Waals surface area (Å²) in [6.07, 6.45) is 16.2. The first-order valence-corrected chi connectivity index (χ1v) is 10.4. The number of rotatable bonds is 0. The molecule has 0 aromatic heterocycles. The van der Waals surface area contributed by atoms with Crippen LogP contribution in [-0.4, -0.2) is 17.0 Å². The molecule has 5 rings (SSSR count). The third-order valence-corrected chi connectivity index (χ3v) is 9.48. The molecule has 0 saturated heterocycles. The largest absolute Gasteiger partial charge is 0.393 e. The van der Waals surface area contributed by atoms with Crippen molar-refractivity contribution in [3.05, 3.63) is 12.2 Å². The molecule has 0 aromatic carbocycles. The van der Waals surface area contributed by atoms with E-state index in [2.05, 4.69) is 13.0 Å². The van der Waals surface area contributed by atoms with Gasteiger partial charge in [0.15, 0.2) is 5.78 Å². The molecule has 1 N–H and O–H groups in total. The van der Waals surface area contributed by atoms with E-state index < -0.39 is 0 Å². The summed E-state index contributed by atoms with van der Waals surface area (Å²) in [5, 5.41) is 10.1. The van der Waals surface area contributed by atoms with Gasteiger partial charge in [0, 0.05) is 5.92 Å². The fraction of sp³-hybridized carbons (Fsp3) is 0.864. The van der Waals surface area contributed by atoms with Gasteiger partial charge < -0.3 is 5.11 Å². The van der Waals surface area contributed by atoms with Crippen LogP contribution in [0.4, 0.5) is 0 Å². The van der Waals surface area contributed by atoms with Crippen LogP contribution in [0.3, 0.4) is 0 Å². The molecule has 0 aromatic rings. The van der Waals surface area contributed by atoms with E-state index in [-0.39, 0.29) is 6.10 Å². The third-order valence-electron chi connectivity index (χ3n) is 9.48. The molecule has 5 unspecified atom stereocenters. The quantitative estimate of drug-likeness (QED) is 0.710. The van der Waals surface area contributed by atoms with Crippen molar-refractivity contribution < 1.29 is 9.90 Å². The number of carbonyl (C=O) groups is 1. The van der Waals surface area contributed by atoms with E-state index in [9.17, 15) is 9.90 Å². The highest BCUT2D eigenvalue weighted by Crippen LogP contribution is 2.69. The molecule has 4 fully saturated rings. The van der Waals surface area contributed by atoms with Crippen LogP contribution in [0.15, 0.2) is 12.2 Å². The second kappa shape index (κ2) is 5.19. The third kappa shape index (κ3) is 1.90. The van der Waals surface area contributed by atoms with E-state index in [1.165, 1.54) is 38.5 Å². The number of fused-ring (bicyclic) bond motifs is 4. The number of allylic oxidation sites excluding steroid dienone is 2. The van der Waals surface area contributed by atoms with Crippen LogP contribution in [0, 0.1) is 40.4 Å². The Kier molecular flexibility index (Phi) is 3.38. The molecule has 0 aliphatic heterocycles. The zero-order chi connectivity index (χ0) is 16.5. The van der Waals surface area contributed by atoms with Crippen molar-refractivity contribution in [3.63, 3.8) is 0 Å². The van der Waals surface area contributed by atoms with Gasteiger partial charge in [-0.15, -0.1) is 0 Å². The molecule has 2 nitrogen and oxygen atoms in total. The lowest BCUT2D eigenvalue weighted by atomic mass is 9.43. The Balaban J connectivity index is 1.47. The molecule has 24 heavy (non-hydrogen) atoms. The smallest absolute Gasteiger partial charge is 0.159 e. The van der Waals surface area contributed by atoms with Gasteiger partial charge in [-0.25, -0.2) is 0 Å². The van der Waals surface area contributed by atoms with Crippen molar-refractivity contribution in [1.82, 2.24) is 0 Å². The van der Waals surface area contributed by atoms with Crippen molar-refractivity contribution in [3.8, 4) is 0 Å². The number of aliphatic hydroxyl groups excluding tert-OH is 1. The van der Waals surface area contributed by atoms with Gasteiger partial charge in [-0.05, 0) is 105 Å². The maximum atomic E-state index is 12.5. The molecule has 1 spiro atoms. The number of ketones is 1. The minimum absolute atomic E-state index is 0.0495. The summed E-state index contributed by atoms with van der Waals surface area (Å²) in [6, 6.07) is 0. The van der Waals surface area contributed by atoms with E-state index in [0.717, 1.165) is 49.4 Å². The average Bonchev–Trinajstić information content (AvgIpc) is 2.96. The van der Waals surface area contributed by atoms with Crippen LogP contribution in [-0.2, 0) is 4.79 Å². The normalized spacial score (nSPS) is 56.2. The van der Waals surface area contributed by atoms with Gasteiger partial charge in [0.05, 0.1) is 6.10 Å². The first-order chi connectivity index (χ1) is 11.5. The lowest BCUT2D eigenvalue weighted by molar-refractivity contribution is -0.140. The summed E-state index contributed by atoms with van der Waals surface area (Å²) < 4.78 is 0. The molecule has 4 saturated carbocycles. The molecule has 5 aliphatic rings. The molecule has 5 aliphatic carbocycles. The fourth-order valence-electron chi connectivity index (χ4n) is 8.38. The standard InChI is InChI=1S/C22H32O2/c1-21-11-8-15(23)13-14(21)4-5-16-17(21)9-12-22-10-2-3-20(24)19(22)7-6-18(16)22/h2-3,14-19,23H,4-13H2,1H3/t14-,15+,16?,17?,18?,19?,21-,22?/m0/s1. The lowest BCUT2D eigenvalue weighted by Crippen LogP contribution is -2.55. The minimum Gasteiger partial charge on any atom is -0.393 e. The Bertz CT molecular complexity index is 581. The van der Waals surface area contributed by atoms with Crippen LogP contribution < -0.4 is 0 Å². The average molecular weight is 328 g/mol. The maximum Gasteiger partial charge on any atom is 0.159 e. The van der Waals surface area contributed by atoms with E-state index in [1.807, 2.05) is 6.08 Å². The summed E-state index contributed by atoms with van der Waals surface area (Å²) in [4.78, 5) is 12.5. The lowest BCUT2D eigenvalue weighted by Gasteiger charge is -2.61. The van der Waals surface area contributed by atoms with E-state index in [0.29, 0.717) is 22.5 Å². The molecule has 2 heteroatoms. The van der Waals surface area contributed by atoms with Crippen molar-refractivity contribution in [2.75, 3.05) is 0 Å². The van der Waals surface area contributed by atoms with Crippen molar-refractivity contribution in [1.29, 1.82) is 0 Å². The molecule has 8 atom stereocenters.